The predicted molar refractivity (Wildman–Crippen MR) is 100 cm³/mol. The molecule has 1 aromatic rings. The van der Waals surface area contributed by atoms with E-state index in [0.717, 1.165) is 13.0 Å². The van der Waals surface area contributed by atoms with E-state index in [4.69, 9.17) is 4.74 Å². The molecule has 0 aliphatic carbocycles. The standard InChI is InChI=1S/C21H28N2O/c1-5-21(3,4)14-24-13-16-7-6-8-17(9-16)18-10-19-15(2)11-22-20(19)23-12-18/h6-12,20,22-23H,5,13-14H2,1-4H3. The molecule has 0 bridgehead atoms. The molecule has 0 saturated carbocycles. The zero-order valence-corrected chi connectivity index (χ0v) is 15.1. The Morgan fingerprint density at radius 3 is 2.75 bits per heavy atom. The normalized spacial score (nSPS) is 19.7. The molecule has 0 spiro atoms. The summed E-state index contributed by atoms with van der Waals surface area (Å²) in [7, 11) is 0. The van der Waals surface area contributed by atoms with Crippen LogP contribution in [0.4, 0.5) is 0 Å². The molecule has 0 amide bonds. The van der Waals surface area contributed by atoms with E-state index in [1.165, 1.54) is 27.8 Å². The molecule has 2 aliphatic heterocycles. The third-order valence-corrected chi connectivity index (χ3v) is 4.93. The van der Waals surface area contributed by atoms with Crippen LogP contribution < -0.4 is 10.6 Å². The van der Waals surface area contributed by atoms with Gasteiger partial charge in [-0.3, -0.25) is 0 Å². The highest BCUT2D eigenvalue weighted by atomic mass is 16.5. The average Bonchev–Trinajstić information content (AvgIpc) is 2.96. The average molecular weight is 324 g/mol. The summed E-state index contributed by atoms with van der Waals surface area (Å²) in [5.41, 5.74) is 6.51. The summed E-state index contributed by atoms with van der Waals surface area (Å²) >= 11 is 0. The van der Waals surface area contributed by atoms with Gasteiger partial charge in [-0.25, -0.2) is 0 Å². The number of hydrogen-bond acceptors (Lipinski definition) is 3. The monoisotopic (exact) mass is 324 g/mol. The van der Waals surface area contributed by atoms with Gasteiger partial charge in [0.05, 0.1) is 13.2 Å². The smallest absolute Gasteiger partial charge is 0.123 e. The molecule has 2 N–H and O–H groups in total. The van der Waals surface area contributed by atoms with Crippen molar-refractivity contribution in [3.8, 4) is 0 Å². The first-order chi connectivity index (χ1) is 11.5. The fraction of sp³-hybridized carbons (Fsp3) is 0.429. The van der Waals surface area contributed by atoms with Crippen molar-refractivity contribution in [2.45, 2.75) is 46.9 Å². The Morgan fingerprint density at radius 2 is 1.96 bits per heavy atom. The summed E-state index contributed by atoms with van der Waals surface area (Å²) in [6, 6.07) is 8.63. The molecule has 24 heavy (non-hydrogen) atoms. The van der Waals surface area contributed by atoms with Crippen molar-refractivity contribution in [2.24, 2.45) is 5.41 Å². The van der Waals surface area contributed by atoms with E-state index >= 15 is 0 Å². The summed E-state index contributed by atoms with van der Waals surface area (Å²) in [4.78, 5) is 0. The van der Waals surface area contributed by atoms with E-state index in [-0.39, 0.29) is 11.6 Å². The number of nitrogens with one attached hydrogen (secondary N) is 2. The molecular weight excluding hydrogens is 296 g/mol. The number of hydrogen-bond donors (Lipinski definition) is 2. The van der Waals surface area contributed by atoms with E-state index in [9.17, 15) is 0 Å². The Morgan fingerprint density at radius 1 is 1.17 bits per heavy atom. The minimum Gasteiger partial charge on any atom is -0.376 e. The van der Waals surface area contributed by atoms with Crippen LogP contribution in [0.2, 0.25) is 0 Å². The molecule has 2 aliphatic rings. The number of rotatable bonds is 6. The molecule has 0 saturated heterocycles. The van der Waals surface area contributed by atoms with Gasteiger partial charge in [0, 0.05) is 12.4 Å². The van der Waals surface area contributed by atoms with E-state index in [1.54, 1.807) is 0 Å². The largest absolute Gasteiger partial charge is 0.376 e. The highest BCUT2D eigenvalue weighted by molar-refractivity contribution is 5.77. The second-order valence-electron chi connectivity index (χ2n) is 7.50. The summed E-state index contributed by atoms with van der Waals surface area (Å²) in [5, 5.41) is 6.76. The van der Waals surface area contributed by atoms with Crippen molar-refractivity contribution in [3.63, 3.8) is 0 Å². The summed E-state index contributed by atoms with van der Waals surface area (Å²) < 4.78 is 5.93. The number of allylic oxidation sites excluding steroid dienone is 2. The van der Waals surface area contributed by atoms with Crippen LogP contribution in [0.5, 0.6) is 0 Å². The maximum atomic E-state index is 5.93. The lowest BCUT2D eigenvalue weighted by molar-refractivity contribution is 0.0495. The number of fused-ring (bicyclic) bond motifs is 1. The Labute approximate surface area is 145 Å². The molecule has 0 radical (unpaired) electrons. The first kappa shape index (κ1) is 16.8. The molecule has 1 atom stereocenters. The van der Waals surface area contributed by atoms with E-state index in [1.807, 2.05) is 0 Å². The zero-order valence-electron chi connectivity index (χ0n) is 15.1. The molecular formula is C21H28N2O. The lowest BCUT2D eigenvalue weighted by Crippen LogP contribution is -2.36. The Balaban J connectivity index is 1.69. The fourth-order valence-electron chi connectivity index (χ4n) is 2.88. The highest BCUT2D eigenvalue weighted by Gasteiger charge is 2.22. The maximum absolute atomic E-state index is 5.93. The highest BCUT2D eigenvalue weighted by Crippen LogP contribution is 2.28. The Bertz CT molecular complexity index is 698. The number of benzene rings is 1. The van der Waals surface area contributed by atoms with Gasteiger partial charge in [0.15, 0.2) is 0 Å². The van der Waals surface area contributed by atoms with Gasteiger partial charge < -0.3 is 15.4 Å². The second kappa shape index (κ2) is 6.86. The quantitative estimate of drug-likeness (QED) is 0.816. The van der Waals surface area contributed by atoms with Gasteiger partial charge in [-0.2, -0.15) is 0 Å². The van der Waals surface area contributed by atoms with Crippen LogP contribution in [0, 0.1) is 5.41 Å². The lowest BCUT2D eigenvalue weighted by atomic mass is 9.92. The minimum atomic E-state index is 0.219. The maximum Gasteiger partial charge on any atom is 0.123 e. The van der Waals surface area contributed by atoms with E-state index < -0.39 is 0 Å². The van der Waals surface area contributed by atoms with Crippen LogP contribution in [-0.2, 0) is 11.3 Å². The van der Waals surface area contributed by atoms with Crippen LogP contribution in [0.3, 0.4) is 0 Å². The van der Waals surface area contributed by atoms with Crippen molar-refractivity contribution in [3.05, 3.63) is 65.0 Å². The van der Waals surface area contributed by atoms with Crippen molar-refractivity contribution >= 4 is 5.57 Å². The van der Waals surface area contributed by atoms with Crippen LogP contribution in [0.15, 0.2) is 53.9 Å². The zero-order chi connectivity index (χ0) is 17.2. The summed E-state index contributed by atoms with van der Waals surface area (Å²) in [6.45, 7) is 10.3. The van der Waals surface area contributed by atoms with Crippen LogP contribution in [0.25, 0.3) is 5.57 Å². The van der Waals surface area contributed by atoms with Crippen LogP contribution >= 0.6 is 0 Å². The fourth-order valence-corrected chi connectivity index (χ4v) is 2.88. The van der Waals surface area contributed by atoms with Gasteiger partial charge in [-0.05, 0) is 58.7 Å². The van der Waals surface area contributed by atoms with Crippen molar-refractivity contribution in [1.29, 1.82) is 0 Å². The van der Waals surface area contributed by atoms with Crippen molar-refractivity contribution < 1.29 is 4.74 Å². The Hall–Kier alpha value is -2.00. The SMILES string of the molecule is CCC(C)(C)COCc1cccc(C2=CNC3NC=C(C)C3=C2)c1. The van der Waals surface area contributed by atoms with Crippen molar-refractivity contribution in [2.75, 3.05) is 6.61 Å². The van der Waals surface area contributed by atoms with Gasteiger partial charge in [0.25, 0.3) is 0 Å². The third kappa shape index (κ3) is 3.73. The molecule has 1 unspecified atom stereocenters. The van der Waals surface area contributed by atoms with Gasteiger partial charge in [0.1, 0.15) is 6.17 Å². The molecule has 128 valence electrons. The van der Waals surface area contributed by atoms with Gasteiger partial charge in [-0.15, -0.1) is 0 Å². The molecule has 0 aromatic heterocycles. The molecule has 1 aromatic carbocycles. The summed E-state index contributed by atoms with van der Waals surface area (Å²) in [6.07, 6.45) is 7.78. The second-order valence-corrected chi connectivity index (χ2v) is 7.50. The summed E-state index contributed by atoms with van der Waals surface area (Å²) in [5.74, 6) is 0. The number of dihydropyridines is 1. The van der Waals surface area contributed by atoms with E-state index in [0.29, 0.717) is 6.61 Å². The lowest BCUT2D eigenvalue weighted by Gasteiger charge is -2.22. The van der Waals surface area contributed by atoms with Gasteiger partial charge in [-0.1, -0.05) is 39.0 Å². The predicted octanol–water partition coefficient (Wildman–Crippen LogP) is 4.34. The molecule has 3 rings (SSSR count). The molecule has 3 nitrogen and oxygen atoms in total. The Kier molecular flexibility index (Phi) is 4.81. The molecule has 2 heterocycles. The third-order valence-electron chi connectivity index (χ3n) is 4.93. The minimum absolute atomic E-state index is 0.219. The van der Waals surface area contributed by atoms with Crippen LogP contribution in [0.1, 0.15) is 45.2 Å². The van der Waals surface area contributed by atoms with Crippen molar-refractivity contribution in [1.82, 2.24) is 10.6 Å². The number of ether oxygens (including phenoxy) is 1. The van der Waals surface area contributed by atoms with E-state index in [2.05, 4.69) is 81.1 Å². The molecule has 3 heteroatoms. The first-order valence-corrected chi connectivity index (χ1v) is 8.76. The van der Waals surface area contributed by atoms with Crippen LogP contribution in [-0.4, -0.2) is 12.8 Å². The van der Waals surface area contributed by atoms with Gasteiger partial charge >= 0.3 is 0 Å². The molecule has 0 fully saturated rings. The first-order valence-electron chi connectivity index (χ1n) is 8.76. The topological polar surface area (TPSA) is 33.3 Å². The van der Waals surface area contributed by atoms with Gasteiger partial charge in [0.2, 0.25) is 0 Å².